The largest absolute Gasteiger partial charge is 0.480 e. The highest BCUT2D eigenvalue weighted by atomic mass is 32.2. The Morgan fingerprint density at radius 2 is 1.96 bits per heavy atom. The number of aliphatic carboxylic acids is 1. The lowest BCUT2D eigenvalue weighted by atomic mass is 10.1. The van der Waals surface area contributed by atoms with Gasteiger partial charge >= 0.3 is 5.97 Å². The number of carboxylic acid groups (broad SMARTS) is 1. The molecule has 3 N–H and O–H groups in total. The SMILES string of the molecule is CCCCC(NC(=O)c1cccc(S(=O)(=O)NC2CCCC2)c1)C(=O)O. The second-order valence-corrected chi connectivity index (χ2v) is 8.35. The van der Waals surface area contributed by atoms with Gasteiger partial charge in [-0.2, -0.15) is 0 Å². The Kier molecular flexibility index (Phi) is 7.16. The molecule has 1 atom stereocenters. The molecule has 1 unspecified atom stereocenters. The number of amides is 1. The summed E-state index contributed by atoms with van der Waals surface area (Å²) in [5, 5.41) is 11.7. The van der Waals surface area contributed by atoms with Gasteiger partial charge in [-0.15, -0.1) is 0 Å². The third-order valence-electron chi connectivity index (χ3n) is 4.53. The molecule has 0 aliphatic heterocycles. The highest BCUT2D eigenvalue weighted by Crippen LogP contribution is 2.21. The van der Waals surface area contributed by atoms with Crippen LogP contribution in [0.1, 0.15) is 62.2 Å². The molecule has 2 rings (SSSR count). The van der Waals surface area contributed by atoms with Crippen molar-refractivity contribution in [1.29, 1.82) is 0 Å². The molecule has 8 heteroatoms. The van der Waals surface area contributed by atoms with Crippen molar-refractivity contribution in [2.75, 3.05) is 0 Å². The fourth-order valence-electron chi connectivity index (χ4n) is 3.04. The van der Waals surface area contributed by atoms with Crippen LogP contribution < -0.4 is 10.0 Å². The number of nitrogens with one attached hydrogen (secondary N) is 2. The van der Waals surface area contributed by atoms with Gasteiger partial charge in [-0.1, -0.05) is 38.7 Å². The van der Waals surface area contributed by atoms with Gasteiger partial charge in [0, 0.05) is 11.6 Å². The van der Waals surface area contributed by atoms with Crippen LogP contribution >= 0.6 is 0 Å². The second-order valence-electron chi connectivity index (χ2n) is 6.64. The van der Waals surface area contributed by atoms with Gasteiger partial charge in [0.15, 0.2) is 0 Å². The van der Waals surface area contributed by atoms with Gasteiger partial charge in [-0.25, -0.2) is 17.9 Å². The number of carboxylic acids is 1. The van der Waals surface area contributed by atoms with Crippen molar-refractivity contribution in [3.05, 3.63) is 29.8 Å². The van der Waals surface area contributed by atoms with Gasteiger partial charge in [-0.05, 0) is 37.5 Å². The first-order valence-electron chi connectivity index (χ1n) is 8.99. The van der Waals surface area contributed by atoms with Gasteiger partial charge in [-0.3, -0.25) is 4.79 Å². The molecule has 1 amide bonds. The van der Waals surface area contributed by atoms with E-state index < -0.39 is 27.9 Å². The van der Waals surface area contributed by atoms with Crippen molar-refractivity contribution in [3.8, 4) is 0 Å². The molecule has 0 saturated heterocycles. The molecular formula is C18H26N2O5S. The van der Waals surface area contributed by atoms with Crippen molar-refractivity contribution in [2.45, 2.75) is 68.8 Å². The van der Waals surface area contributed by atoms with E-state index >= 15 is 0 Å². The lowest BCUT2D eigenvalue weighted by Crippen LogP contribution is -2.40. The van der Waals surface area contributed by atoms with E-state index in [1.807, 2.05) is 6.92 Å². The lowest BCUT2D eigenvalue weighted by molar-refractivity contribution is -0.139. The highest BCUT2D eigenvalue weighted by Gasteiger charge is 2.24. The number of carbonyl (C=O) groups excluding carboxylic acids is 1. The number of hydrogen-bond acceptors (Lipinski definition) is 4. The zero-order valence-corrected chi connectivity index (χ0v) is 15.7. The average Bonchev–Trinajstić information content (AvgIpc) is 3.10. The maximum absolute atomic E-state index is 12.5. The predicted molar refractivity (Wildman–Crippen MR) is 97.4 cm³/mol. The van der Waals surface area contributed by atoms with Crippen molar-refractivity contribution >= 4 is 21.9 Å². The number of hydrogen-bond donors (Lipinski definition) is 3. The molecule has 0 heterocycles. The molecule has 26 heavy (non-hydrogen) atoms. The maximum Gasteiger partial charge on any atom is 0.326 e. The molecule has 7 nitrogen and oxygen atoms in total. The Morgan fingerprint density at radius 3 is 2.58 bits per heavy atom. The minimum atomic E-state index is -3.71. The predicted octanol–water partition coefficient (Wildman–Crippen LogP) is 2.28. The van der Waals surface area contributed by atoms with Crippen molar-refractivity contribution in [2.24, 2.45) is 0 Å². The molecular weight excluding hydrogens is 356 g/mol. The van der Waals surface area contributed by atoms with Crippen LogP contribution in [0.25, 0.3) is 0 Å². The molecule has 0 bridgehead atoms. The van der Waals surface area contributed by atoms with Crippen LogP contribution in [-0.4, -0.2) is 37.5 Å². The third-order valence-corrected chi connectivity index (χ3v) is 6.05. The first-order valence-corrected chi connectivity index (χ1v) is 10.5. The maximum atomic E-state index is 12.5. The Bertz CT molecular complexity index is 742. The van der Waals surface area contributed by atoms with E-state index in [1.165, 1.54) is 24.3 Å². The summed E-state index contributed by atoms with van der Waals surface area (Å²) in [7, 11) is -3.71. The Balaban J connectivity index is 2.11. The van der Waals surface area contributed by atoms with Crippen molar-refractivity contribution < 1.29 is 23.1 Å². The molecule has 1 fully saturated rings. The highest BCUT2D eigenvalue weighted by molar-refractivity contribution is 7.89. The number of benzene rings is 1. The van der Waals surface area contributed by atoms with Crippen LogP contribution in [0.5, 0.6) is 0 Å². The normalized spacial score (nSPS) is 16.3. The fraction of sp³-hybridized carbons (Fsp3) is 0.556. The van der Waals surface area contributed by atoms with Crippen molar-refractivity contribution in [1.82, 2.24) is 10.0 Å². The lowest BCUT2D eigenvalue weighted by Gasteiger charge is -2.15. The summed E-state index contributed by atoms with van der Waals surface area (Å²) in [5.74, 6) is -1.69. The van der Waals surface area contributed by atoms with Crippen LogP contribution in [0.3, 0.4) is 0 Å². The molecule has 1 aliphatic rings. The number of unbranched alkanes of at least 4 members (excludes halogenated alkanes) is 1. The standard InChI is InChI=1S/C18H26N2O5S/c1-2-3-11-16(18(22)23)19-17(21)13-7-6-10-15(12-13)26(24,25)20-14-8-4-5-9-14/h6-7,10,12,14,16,20H,2-5,8-9,11H2,1H3,(H,19,21)(H,22,23). The first kappa shape index (κ1) is 20.4. The summed E-state index contributed by atoms with van der Waals surface area (Å²) in [4.78, 5) is 23.6. The van der Waals surface area contributed by atoms with Gasteiger partial charge in [0.1, 0.15) is 6.04 Å². The second kappa shape index (κ2) is 9.14. The Hall–Kier alpha value is -1.93. The van der Waals surface area contributed by atoms with Crippen LogP contribution in [0.15, 0.2) is 29.2 Å². The number of sulfonamides is 1. The van der Waals surface area contributed by atoms with E-state index in [2.05, 4.69) is 10.0 Å². The van der Waals surface area contributed by atoms with Crippen LogP contribution in [0, 0.1) is 0 Å². The molecule has 1 aliphatic carbocycles. The molecule has 1 aromatic rings. The minimum absolute atomic E-state index is 0.0116. The number of carbonyl (C=O) groups is 2. The van der Waals surface area contributed by atoms with Crippen LogP contribution in [-0.2, 0) is 14.8 Å². The first-order chi connectivity index (χ1) is 12.3. The summed E-state index contributed by atoms with van der Waals surface area (Å²) in [6, 6.07) is 4.62. The topological polar surface area (TPSA) is 113 Å². The van der Waals surface area contributed by atoms with Gasteiger partial charge in [0.05, 0.1) is 4.90 Å². The molecule has 1 saturated carbocycles. The fourth-order valence-corrected chi connectivity index (χ4v) is 4.39. The molecule has 0 radical (unpaired) electrons. The quantitative estimate of drug-likeness (QED) is 0.606. The minimum Gasteiger partial charge on any atom is -0.480 e. The zero-order chi connectivity index (χ0) is 19.2. The van der Waals surface area contributed by atoms with Crippen molar-refractivity contribution in [3.63, 3.8) is 0 Å². The zero-order valence-electron chi connectivity index (χ0n) is 14.9. The van der Waals surface area contributed by atoms with E-state index in [1.54, 1.807) is 0 Å². The summed E-state index contributed by atoms with van der Waals surface area (Å²) in [5.41, 5.74) is 0.127. The van der Waals surface area contributed by atoms with E-state index in [4.69, 9.17) is 0 Å². The van der Waals surface area contributed by atoms with E-state index in [-0.39, 0.29) is 16.5 Å². The third kappa shape index (κ3) is 5.54. The molecule has 144 valence electrons. The van der Waals surface area contributed by atoms with E-state index in [0.29, 0.717) is 12.8 Å². The monoisotopic (exact) mass is 382 g/mol. The summed E-state index contributed by atoms with van der Waals surface area (Å²) >= 11 is 0. The molecule has 1 aromatic carbocycles. The Morgan fingerprint density at radius 1 is 1.27 bits per heavy atom. The van der Waals surface area contributed by atoms with E-state index in [9.17, 15) is 23.1 Å². The Labute approximate surface area is 154 Å². The van der Waals surface area contributed by atoms with Gasteiger partial charge in [0.2, 0.25) is 10.0 Å². The van der Waals surface area contributed by atoms with Gasteiger partial charge < -0.3 is 10.4 Å². The van der Waals surface area contributed by atoms with Gasteiger partial charge in [0.25, 0.3) is 5.91 Å². The van der Waals surface area contributed by atoms with Crippen LogP contribution in [0.4, 0.5) is 0 Å². The smallest absolute Gasteiger partial charge is 0.326 e. The molecule has 0 aromatic heterocycles. The van der Waals surface area contributed by atoms with E-state index in [0.717, 1.165) is 32.1 Å². The summed E-state index contributed by atoms with van der Waals surface area (Å²) in [6.45, 7) is 1.94. The average molecular weight is 382 g/mol. The summed E-state index contributed by atoms with van der Waals surface area (Å²) in [6.07, 6.45) is 5.47. The summed E-state index contributed by atoms with van der Waals surface area (Å²) < 4.78 is 27.7. The van der Waals surface area contributed by atoms with Crippen LogP contribution in [0.2, 0.25) is 0 Å². The molecule has 0 spiro atoms. The number of rotatable bonds is 9.